The van der Waals surface area contributed by atoms with Crippen molar-refractivity contribution in [1.82, 2.24) is 0 Å². The number of halogens is 1. The first-order chi connectivity index (χ1) is 10.6. The predicted molar refractivity (Wildman–Crippen MR) is 80.9 cm³/mol. The van der Waals surface area contributed by atoms with Gasteiger partial charge in [-0.05, 0) is 48.6 Å². The van der Waals surface area contributed by atoms with Gasteiger partial charge in [-0.15, -0.1) is 0 Å². The number of ether oxygens (including phenoxy) is 1. The van der Waals surface area contributed by atoms with Crippen molar-refractivity contribution in [3.63, 3.8) is 0 Å². The van der Waals surface area contributed by atoms with Crippen LogP contribution in [0.2, 0.25) is 0 Å². The van der Waals surface area contributed by atoms with E-state index in [1.165, 1.54) is 6.07 Å². The summed E-state index contributed by atoms with van der Waals surface area (Å²) in [5.74, 6) is -0.170. The van der Waals surface area contributed by atoms with Gasteiger partial charge in [-0.2, -0.15) is 4.99 Å². The second-order valence-electron chi connectivity index (χ2n) is 5.61. The molecule has 2 aromatic carbocycles. The molecule has 1 aliphatic rings. The first-order valence-electron chi connectivity index (χ1n) is 7.21. The van der Waals surface area contributed by atoms with Gasteiger partial charge in [0, 0.05) is 0 Å². The van der Waals surface area contributed by atoms with Crippen molar-refractivity contribution in [2.75, 3.05) is 0 Å². The fourth-order valence-corrected chi connectivity index (χ4v) is 2.58. The number of hydrogen-bond acceptors (Lipinski definition) is 3. The van der Waals surface area contributed by atoms with Crippen LogP contribution in [0.4, 0.5) is 4.39 Å². The third-order valence-electron chi connectivity index (χ3n) is 3.98. The summed E-state index contributed by atoms with van der Waals surface area (Å²) in [5, 5.41) is 0. The van der Waals surface area contributed by atoms with E-state index in [-0.39, 0.29) is 5.75 Å². The summed E-state index contributed by atoms with van der Waals surface area (Å²) in [6, 6.07) is 12.9. The van der Waals surface area contributed by atoms with Crippen LogP contribution >= 0.6 is 0 Å². The summed E-state index contributed by atoms with van der Waals surface area (Å²) in [4.78, 5) is 14.4. The highest BCUT2D eigenvalue weighted by atomic mass is 19.1. The lowest BCUT2D eigenvalue weighted by Crippen LogP contribution is -2.06. The molecule has 1 aliphatic carbocycles. The number of aryl methyl sites for hydroxylation is 1. The molecule has 0 atom stereocenters. The van der Waals surface area contributed by atoms with Crippen LogP contribution < -0.4 is 4.74 Å². The van der Waals surface area contributed by atoms with Crippen molar-refractivity contribution < 1.29 is 13.9 Å². The van der Waals surface area contributed by atoms with Crippen molar-refractivity contribution in [3.05, 3.63) is 65.0 Å². The summed E-state index contributed by atoms with van der Waals surface area (Å²) < 4.78 is 20.0. The van der Waals surface area contributed by atoms with E-state index < -0.39 is 11.4 Å². The second kappa shape index (κ2) is 5.74. The van der Waals surface area contributed by atoms with Crippen LogP contribution in [0.15, 0.2) is 47.5 Å². The largest absolute Gasteiger partial charge is 0.486 e. The molecule has 0 radical (unpaired) electrons. The van der Waals surface area contributed by atoms with E-state index in [2.05, 4.69) is 4.99 Å². The van der Waals surface area contributed by atoms with Crippen molar-refractivity contribution >= 4 is 6.08 Å². The summed E-state index contributed by atoms with van der Waals surface area (Å²) in [6.45, 7) is 2.11. The summed E-state index contributed by atoms with van der Waals surface area (Å²) in [5.41, 5.74) is 1.84. The molecular formula is C18H16FNO2. The van der Waals surface area contributed by atoms with Gasteiger partial charge in [0.25, 0.3) is 0 Å². The lowest BCUT2D eigenvalue weighted by molar-refractivity contribution is 0.287. The fraction of sp³-hybridized carbons (Fsp3) is 0.278. The molecule has 0 spiro atoms. The molecule has 0 unspecified atom stereocenters. The molecule has 22 heavy (non-hydrogen) atoms. The van der Waals surface area contributed by atoms with Crippen LogP contribution in [-0.2, 0) is 16.9 Å². The topological polar surface area (TPSA) is 38.7 Å². The molecule has 0 bridgehead atoms. The molecule has 3 rings (SSSR count). The van der Waals surface area contributed by atoms with Gasteiger partial charge in [0.1, 0.15) is 6.61 Å². The van der Waals surface area contributed by atoms with E-state index in [1.807, 2.05) is 36.4 Å². The van der Waals surface area contributed by atoms with E-state index in [9.17, 15) is 9.18 Å². The summed E-state index contributed by atoms with van der Waals surface area (Å²) in [7, 11) is 0. The van der Waals surface area contributed by atoms with E-state index in [0.717, 1.165) is 24.0 Å². The lowest BCUT2D eigenvalue weighted by Gasteiger charge is -2.14. The predicted octanol–water partition coefficient (Wildman–Crippen LogP) is 4.04. The zero-order valence-electron chi connectivity index (χ0n) is 12.3. The number of rotatable bonds is 5. The van der Waals surface area contributed by atoms with Gasteiger partial charge in [-0.3, -0.25) is 0 Å². The normalized spacial score (nSPS) is 15.0. The Morgan fingerprint density at radius 3 is 2.59 bits per heavy atom. The first-order valence-corrected chi connectivity index (χ1v) is 7.21. The van der Waals surface area contributed by atoms with Gasteiger partial charge >= 0.3 is 0 Å². The maximum Gasteiger partial charge on any atom is 0.235 e. The zero-order valence-corrected chi connectivity index (χ0v) is 12.3. The second-order valence-corrected chi connectivity index (χ2v) is 5.61. The number of benzene rings is 2. The minimum atomic E-state index is -0.564. The zero-order chi connectivity index (χ0) is 15.6. The maximum absolute atomic E-state index is 14.3. The van der Waals surface area contributed by atoms with Crippen LogP contribution in [0, 0.1) is 12.7 Å². The van der Waals surface area contributed by atoms with Crippen molar-refractivity contribution in [2.24, 2.45) is 4.99 Å². The van der Waals surface area contributed by atoms with Crippen molar-refractivity contribution in [2.45, 2.75) is 31.9 Å². The van der Waals surface area contributed by atoms with Crippen molar-refractivity contribution in [1.29, 1.82) is 0 Å². The van der Waals surface area contributed by atoms with E-state index >= 15 is 0 Å². The van der Waals surface area contributed by atoms with Crippen LogP contribution in [0.3, 0.4) is 0 Å². The molecule has 112 valence electrons. The van der Waals surface area contributed by atoms with Gasteiger partial charge in [0.15, 0.2) is 11.6 Å². The fourth-order valence-electron chi connectivity index (χ4n) is 2.58. The molecule has 2 aromatic rings. The van der Waals surface area contributed by atoms with Gasteiger partial charge < -0.3 is 4.74 Å². The molecule has 0 amide bonds. The van der Waals surface area contributed by atoms with Gasteiger partial charge in [-0.1, -0.05) is 30.3 Å². The van der Waals surface area contributed by atoms with E-state index in [0.29, 0.717) is 12.2 Å². The van der Waals surface area contributed by atoms with Crippen molar-refractivity contribution in [3.8, 4) is 5.75 Å². The Balaban J connectivity index is 1.83. The molecule has 0 N–H and O–H groups in total. The third kappa shape index (κ3) is 2.78. The minimum Gasteiger partial charge on any atom is -0.486 e. The van der Waals surface area contributed by atoms with Gasteiger partial charge in [0.05, 0.1) is 5.54 Å². The number of carbonyl (C=O) groups excluding carboxylic acids is 1. The molecule has 4 heteroatoms. The number of hydrogen-bond donors (Lipinski definition) is 0. The van der Waals surface area contributed by atoms with E-state index in [1.54, 1.807) is 13.0 Å². The standard InChI is InChI=1S/C18H16FNO2/c1-13-9-15(18(7-8-18)20-12-21)10-16(19)17(13)22-11-14-5-3-2-4-6-14/h2-6,9-10H,7-8,11H2,1H3. The molecule has 0 heterocycles. The Hall–Kier alpha value is -2.45. The Morgan fingerprint density at radius 1 is 1.27 bits per heavy atom. The number of isocyanates is 1. The Kier molecular flexibility index (Phi) is 3.78. The van der Waals surface area contributed by atoms with Crippen LogP contribution in [-0.4, -0.2) is 6.08 Å². The highest BCUT2D eigenvalue weighted by Crippen LogP contribution is 2.50. The molecule has 1 fully saturated rings. The molecular weight excluding hydrogens is 281 g/mol. The van der Waals surface area contributed by atoms with Gasteiger partial charge in [0.2, 0.25) is 6.08 Å². The van der Waals surface area contributed by atoms with Crippen LogP contribution in [0.1, 0.15) is 29.5 Å². The average Bonchev–Trinajstić information content (AvgIpc) is 3.29. The molecule has 1 saturated carbocycles. The van der Waals surface area contributed by atoms with Crippen LogP contribution in [0.5, 0.6) is 5.75 Å². The highest BCUT2D eigenvalue weighted by molar-refractivity contribution is 5.46. The monoisotopic (exact) mass is 297 g/mol. The highest BCUT2D eigenvalue weighted by Gasteiger charge is 2.45. The number of aliphatic imine (C=N–C) groups is 1. The van der Waals surface area contributed by atoms with E-state index in [4.69, 9.17) is 4.74 Å². The lowest BCUT2D eigenvalue weighted by atomic mass is 10.0. The Labute approximate surface area is 128 Å². The molecule has 0 aromatic heterocycles. The quantitative estimate of drug-likeness (QED) is 0.617. The first kappa shape index (κ1) is 14.5. The molecule has 0 aliphatic heterocycles. The molecule has 3 nitrogen and oxygen atoms in total. The maximum atomic E-state index is 14.3. The Morgan fingerprint density at radius 2 is 2.00 bits per heavy atom. The third-order valence-corrected chi connectivity index (χ3v) is 3.98. The van der Waals surface area contributed by atoms with Gasteiger partial charge in [-0.25, -0.2) is 9.18 Å². The minimum absolute atomic E-state index is 0.249. The molecule has 0 saturated heterocycles. The van der Waals surface area contributed by atoms with Crippen LogP contribution in [0.25, 0.3) is 0 Å². The SMILES string of the molecule is Cc1cc(C2(N=C=O)CC2)cc(F)c1OCc1ccccc1. The summed E-state index contributed by atoms with van der Waals surface area (Å²) >= 11 is 0. The summed E-state index contributed by atoms with van der Waals surface area (Å²) in [6.07, 6.45) is 3.10. The Bertz CT molecular complexity index is 709. The smallest absolute Gasteiger partial charge is 0.235 e. The number of nitrogens with zero attached hydrogens (tertiary/aromatic N) is 1. The average molecular weight is 297 g/mol.